The number of ether oxygens (including phenoxy) is 1. The van der Waals surface area contributed by atoms with Gasteiger partial charge in [0.15, 0.2) is 0 Å². The van der Waals surface area contributed by atoms with Gasteiger partial charge in [0.1, 0.15) is 6.10 Å². The van der Waals surface area contributed by atoms with Gasteiger partial charge < -0.3 is 9.30 Å². The highest BCUT2D eigenvalue weighted by atomic mass is 16.5. The zero-order chi connectivity index (χ0) is 22.5. The Bertz CT molecular complexity index is 729. The number of imidazole rings is 1. The van der Waals surface area contributed by atoms with E-state index in [-0.39, 0.29) is 17.5 Å². The topological polar surface area (TPSA) is 44.1 Å². The van der Waals surface area contributed by atoms with Crippen LogP contribution in [-0.4, -0.2) is 21.6 Å². The van der Waals surface area contributed by atoms with Gasteiger partial charge in [0.25, 0.3) is 0 Å². The molecule has 2 aromatic rings. The summed E-state index contributed by atoms with van der Waals surface area (Å²) >= 11 is 0. The van der Waals surface area contributed by atoms with Crippen molar-refractivity contribution in [3.05, 3.63) is 54.6 Å². The summed E-state index contributed by atoms with van der Waals surface area (Å²) in [5.74, 6) is 0.338. The molecule has 2 rings (SSSR count). The fraction of sp³-hybridized carbons (Fsp3) is 0.630. The Morgan fingerprint density at radius 2 is 1.77 bits per heavy atom. The maximum Gasteiger partial charge on any atom is 0.302 e. The van der Waals surface area contributed by atoms with Gasteiger partial charge in [-0.05, 0) is 37.2 Å². The molecule has 172 valence electrons. The monoisotopic (exact) mass is 426 g/mol. The summed E-state index contributed by atoms with van der Waals surface area (Å²) in [6.45, 7) is 9.11. The molecule has 1 aromatic carbocycles. The maximum atomic E-state index is 11.9. The van der Waals surface area contributed by atoms with E-state index in [2.05, 4.69) is 66.9 Å². The van der Waals surface area contributed by atoms with E-state index in [0.717, 1.165) is 32.2 Å². The van der Waals surface area contributed by atoms with Gasteiger partial charge in [-0.1, -0.05) is 83.2 Å². The predicted octanol–water partition coefficient (Wildman–Crippen LogP) is 6.94. The first-order valence-corrected chi connectivity index (χ1v) is 12.2. The molecule has 0 fully saturated rings. The molecular weight excluding hydrogens is 384 g/mol. The number of hydrogen-bond acceptors (Lipinski definition) is 3. The molecule has 0 aliphatic rings. The Kier molecular flexibility index (Phi) is 10.8. The smallest absolute Gasteiger partial charge is 0.302 e. The molecular formula is C27H42N2O2. The van der Waals surface area contributed by atoms with Crippen LogP contribution in [-0.2, 0) is 21.5 Å². The van der Waals surface area contributed by atoms with E-state index in [9.17, 15) is 4.79 Å². The molecule has 2 unspecified atom stereocenters. The molecule has 31 heavy (non-hydrogen) atoms. The largest absolute Gasteiger partial charge is 0.463 e. The number of rotatable bonds is 15. The molecule has 3 atom stereocenters. The Labute approximate surface area is 189 Å². The lowest BCUT2D eigenvalue weighted by Crippen LogP contribution is -2.43. The number of hydrogen-bond donors (Lipinski definition) is 0. The standard InChI is InChI=1S/C27H42N2O2/c1-5-8-10-15-24(13-6-2)27(21-29-19-18-28-22-29,25-16-11-9-12-17-25)20-26(14-7-3)31-23(4)30/h9,11-12,16-19,22,24,26H,5-8,10,13-15,20-21H2,1-4H3/t24?,26-,27?/m1/s1. The van der Waals surface area contributed by atoms with E-state index in [1.807, 2.05) is 12.5 Å². The number of aromatic nitrogens is 2. The number of benzene rings is 1. The fourth-order valence-corrected chi connectivity index (χ4v) is 5.13. The fourth-order valence-electron chi connectivity index (χ4n) is 5.13. The van der Waals surface area contributed by atoms with Gasteiger partial charge in [0, 0.05) is 31.3 Å². The Hall–Kier alpha value is -2.10. The van der Waals surface area contributed by atoms with Gasteiger partial charge in [-0.3, -0.25) is 4.79 Å². The molecule has 0 saturated carbocycles. The Balaban J connectivity index is 2.55. The molecule has 0 N–H and O–H groups in total. The first-order valence-electron chi connectivity index (χ1n) is 12.2. The van der Waals surface area contributed by atoms with Crippen LogP contribution in [0.25, 0.3) is 0 Å². The van der Waals surface area contributed by atoms with Crippen molar-refractivity contribution in [2.45, 2.75) is 104 Å². The Morgan fingerprint density at radius 1 is 1.03 bits per heavy atom. The van der Waals surface area contributed by atoms with Crippen molar-refractivity contribution >= 4 is 5.97 Å². The minimum atomic E-state index is -0.180. The molecule has 1 aromatic heterocycles. The number of unbranched alkanes of at least 4 members (excludes halogenated alkanes) is 2. The lowest BCUT2D eigenvalue weighted by atomic mass is 9.63. The van der Waals surface area contributed by atoms with E-state index in [1.54, 1.807) is 0 Å². The van der Waals surface area contributed by atoms with Crippen LogP contribution < -0.4 is 0 Å². The highest BCUT2D eigenvalue weighted by Gasteiger charge is 2.42. The van der Waals surface area contributed by atoms with Crippen LogP contribution in [0.15, 0.2) is 49.1 Å². The molecule has 0 amide bonds. The summed E-state index contributed by atoms with van der Waals surface area (Å²) < 4.78 is 8.09. The van der Waals surface area contributed by atoms with Gasteiger partial charge in [0.2, 0.25) is 0 Å². The first kappa shape index (κ1) is 25.2. The van der Waals surface area contributed by atoms with Gasteiger partial charge in [-0.15, -0.1) is 0 Å². The van der Waals surface area contributed by atoms with Crippen molar-refractivity contribution in [3.8, 4) is 0 Å². The number of esters is 1. The summed E-state index contributed by atoms with van der Waals surface area (Å²) in [4.78, 5) is 16.3. The maximum absolute atomic E-state index is 11.9. The highest BCUT2D eigenvalue weighted by Crippen LogP contribution is 2.44. The molecule has 0 saturated heterocycles. The zero-order valence-electron chi connectivity index (χ0n) is 20.1. The van der Waals surface area contributed by atoms with Crippen LogP contribution in [0.4, 0.5) is 0 Å². The van der Waals surface area contributed by atoms with Crippen LogP contribution in [0.5, 0.6) is 0 Å². The minimum absolute atomic E-state index is 0.0724. The van der Waals surface area contributed by atoms with E-state index >= 15 is 0 Å². The SMILES string of the molecule is CCCCCC(CCC)C(C[C@@H](CCC)OC(C)=O)(Cn1ccnc1)c1ccccc1. The van der Waals surface area contributed by atoms with Gasteiger partial charge in [0.05, 0.1) is 6.33 Å². The van der Waals surface area contributed by atoms with Crippen LogP contribution in [0, 0.1) is 5.92 Å². The lowest BCUT2D eigenvalue weighted by molar-refractivity contribution is -0.148. The molecule has 0 aliphatic heterocycles. The summed E-state index contributed by atoms with van der Waals surface area (Å²) in [6.07, 6.45) is 15.8. The van der Waals surface area contributed by atoms with Crippen LogP contribution in [0.1, 0.15) is 91.0 Å². The summed E-state index contributed by atoms with van der Waals surface area (Å²) in [7, 11) is 0. The van der Waals surface area contributed by atoms with E-state index in [0.29, 0.717) is 5.92 Å². The predicted molar refractivity (Wildman–Crippen MR) is 128 cm³/mol. The van der Waals surface area contributed by atoms with Gasteiger partial charge in [-0.25, -0.2) is 4.98 Å². The second-order valence-corrected chi connectivity index (χ2v) is 8.96. The normalized spacial score (nSPS) is 15.2. The van der Waals surface area contributed by atoms with Crippen LogP contribution in [0.2, 0.25) is 0 Å². The third-order valence-corrected chi connectivity index (χ3v) is 6.48. The number of carbonyl (C=O) groups is 1. The zero-order valence-corrected chi connectivity index (χ0v) is 20.1. The van der Waals surface area contributed by atoms with Crippen molar-refractivity contribution in [1.82, 2.24) is 9.55 Å². The lowest BCUT2D eigenvalue weighted by Gasteiger charge is -2.44. The number of nitrogens with zero attached hydrogens (tertiary/aromatic N) is 2. The average Bonchev–Trinajstić information content (AvgIpc) is 3.26. The van der Waals surface area contributed by atoms with Crippen molar-refractivity contribution in [2.24, 2.45) is 5.92 Å². The third-order valence-electron chi connectivity index (χ3n) is 6.48. The molecule has 0 aliphatic carbocycles. The third kappa shape index (κ3) is 7.52. The van der Waals surface area contributed by atoms with Gasteiger partial charge >= 0.3 is 5.97 Å². The second-order valence-electron chi connectivity index (χ2n) is 8.96. The summed E-state index contributed by atoms with van der Waals surface area (Å²) in [5, 5.41) is 0. The molecule has 0 bridgehead atoms. The van der Waals surface area contributed by atoms with Crippen molar-refractivity contribution in [3.63, 3.8) is 0 Å². The second kappa shape index (κ2) is 13.3. The van der Waals surface area contributed by atoms with E-state index in [1.165, 1.54) is 44.6 Å². The molecule has 4 nitrogen and oxygen atoms in total. The van der Waals surface area contributed by atoms with E-state index < -0.39 is 0 Å². The molecule has 0 spiro atoms. The van der Waals surface area contributed by atoms with Gasteiger partial charge in [-0.2, -0.15) is 0 Å². The van der Waals surface area contributed by atoms with E-state index in [4.69, 9.17) is 4.74 Å². The molecule has 0 radical (unpaired) electrons. The molecule has 1 heterocycles. The Morgan fingerprint density at radius 3 is 2.35 bits per heavy atom. The summed E-state index contributed by atoms with van der Waals surface area (Å²) in [6, 6.07) is 10.9. The van der Waals surface area contributed by atoms with Crippen LogP contribution in [0.3, 0.4) is 0 Å². The van der Waals surface area contributed by atoms with Crippen LogP contribution >= 0.6 is 0 Å². The number of carbonyl (C=O) groups excluding carboxylic acids is 1. The quantitative estimate of drug-likeness (QED) is 0.229. The van der Waals surface area contributed by atoms with Crippen molar-refractivity contribution in [1.29, 1.82) is 0 Å². The van der Waals surface area contributed by atoms with Crippen molar-refractivity contribution < 1.29 is 9.53 Å². The average molecular weight is 427 g/mol. The first-order chi connectivity index (χ1) is 15.1. The minimum Gasteiger partial charge on any atom is -0.463 e. The highest BCUT2D eigenvalue weighted by molar-refractivity contribution is 5.66. The molecule has 4 heteroatoms. The van der Waals surface area contributed by atoms with Crippen molar-refractivity contribution in [2.75, 3.05) is 0 Å². The summed E-state index contributed by atoms with van der Waals surface area (Å²) in [5.41, 5.74) is 1.24.